The summed E-state index contributed by atoms with van der Waals surface area (Å²) >= 11 is 0. The Kier molecular flexibility index (Phi) is 14.8. The van der Waals surface area contributed by atoms with Crippen molar-refractivity contribution in [3.8, 4) is 33.4 Å². The summed E-state index contributed by atoms with van der Waals surface area (Å²) in [6, 6.07) is 29.9. The van der Waals surface area contributed by atoms with E-state index in [4.69, 9.17) is 0 Å². The molecule has 4 aromatic rings. The number of benzene rings is 4. The summed E-state index contributed by atoms with van der Waals surface area (Å²) in [6.45, 7) is 11.5. The fourth-order valence-electron chi connectivity index (χ4n) is 10.7. The zero-order valence-electron chi connectivity index (χ0n) is 37.0. The predicted octanol–water partition coefficient (Wildman–Crippen LogP) is 14.7. The first-order chi connectivity index (χ1) is 27.1. The molecule has 2 heteroatoms. The van der Waals surface area contributed by atoms with Crippen LogP contribution in [0.4, 0.5) is 0 Å². The SMILES string of the molecule is CCCCCCCCC1(CCCCCCCC)c2cc(C)ccc2-c2ccc(-c3ccc4c(c3)C(CCCN(C)C)(CCCN(C)C)c3cc(C)ccc3-4)cc21. The average molecular weight is 753 g/mol. The lowest BCUT2D eigenvalue weighted by Crippen LogP contribution is -2.29. The van der Waals surface area contributed by atoms with Crippen molar-refractivity contribution in [1.29, 1.82) is 0 Å². The second-order valence-corrected chi connectivity index (χ2v) is 18.6. The van der Waals surface area contributed by atoms with Crippen molar-refractivity contribution in [3.63, 3.8) is 0 Å². The van der Waals surface area contributed by atoms with E-state index in [1.54, 1.807) is 22.3 Å². The van der Waals surface area contributed by atoms with Crippen molar-refractivity contribution in [1.82, 2.24) is 9.80 Å². The summed E-state index contributed by atoms with van der Waals surface area (Å²) in [5.41, 5.74) is 18.0. The molecule has 0 bridgehead atoms. The monoisotopic (exact) mass is 753 g/mol. The van der Waals surface area contributed by atoms with Crippen LogP contribution in [0.5, 0.6) is 0 Å². The van der Waals surface area contributed by atoms with Crippen molar-refractivity contribution in [2.24, 2.45) is 0 Å². The molecule has 0 radical (unpaired) electrons. The Morgan fingerprint density at radius 3 is 1.07 bits per heavy atom. The molecular formula is C54H76N2. The lowest BCUT2D eigenvalue weighted by atomic mass is 9.69. The Bertz CT molecular complexity index is 1850. The second kappa shape index (κ2) is 19.5. The molecule has 6 rings (SSSR count). The minimum Gasteiger partial charge on any atom is -0.309 e. The van der Waals surface area contributed by atoms with Gasteiger partial charge in [-0.2, -0.15) is 0 Å². The van der Waals surface area contributed by atoms with E-state index in [0.717, 1.165) is 13.1 Å². The molecule has 0 aromatic heterocycles. The zero-order chi connectivity index (χ0) is 39.7. The maximum Gasteiger partial charge on any atom is 0.0216 e. The highest BCUT2D eigenvalue weighted by molar-refractivity contribution is 5.87. The third-order valence-corrected chi connectivity index (χ3v) is 13.7. The Hall–Kier alpha value is -3.20. The van der Waals surface area contributed by atoms with Crippen molar-refractivity contribution < 1.29 is 0 Å². The van der Waals surface area contributed by atoms with E-state index in [2.05, 4.69) is 138 Å². The zero-order valence-corrected chi connectivity index (χ0v) is 37.0. The smallest absolute Gasteiger partial charge is 0.0216 e. The van der Waals surface area contributed by atoms with Gasteiger partial charge in [0.1, 0.15) is 0 Å². The Labute approximate surface area is 343 Å². The molecule has 0 atom stereocenters. The molecule has 56 heavy (non-hydrogen) atoms. The molecule has 0 amide bonds. The quantitative estimate of drug-likeness (QED) is 0.0696. The Morgan fingerprint density at radius 1 is 0.375 bits per heavy atom. The van der Waals surface area contributed by atoms with Crippen LogP contribution in [-0.4, -0.2) is 51.1 Å². The van der Waals surface area contributed by atoms with E-state index in [1.165, 1.54) is 160 Å². The minimum atomic E-state index is 0.0303. The molecule has 0 heterocycles. The van der Waals surface area contributed by atoms with Gasteiger partial charge < -0.3 is 9.80 Å². The maximum absolute atomic E-state index is 2.67. The van der Waals surface area contributed by atoms with Crippen LogP contribution in [0.15, 0.2) is 72.8 Å². The standard InChI is InChI=1S/C54H76N2/c1-9-11-13-15-17-19-31-53(32-20-18-16-14-12-10-2)49-37-41(3)23-27-45(49)47-29-25-43(39-51(47)53)44-26-30-48-46-28-24-42(4)38-50(46)54(52(48)40-44,33-21-35-55(5)6)34-22-36-56(7)8/h23-30,37-40H,9-22,31-36H2,1-8H3. The van der Waals surface area contributed by atoms with Crippen LogP contribution in [-0.2, 0) is 10.8 Å². The number of hydrogen-bond acceptors (Lipinski definition) is 2. The van der Waals surface area contributed by atoms with E-state index >= 15 is 0 Å². The summed E-state index contributed by atoms with van der Waals surface area (Å²) in [7, 11) is 8.90. The van der Waals surface area contributed by atoms with Crippen molar-refractivity contribution in [3.05, 3.63) is 106 Å². The van der Waals surface area contributed by atoms with E-state index in [1.807, 2.05) is 0 Å². The van der Waals surface area contributed by atoms with Crippen LogP contribution in [0.2, 0.25) is 0 Å². The van der Waals surface area contributed by atoms with Gasteiger partial charge in [0.15, 0.2) is 0 Å². The summed E-state index contributed by atoms with van der Waals surface area (Å²) in [5, 5.41) is 0. The van der Waals surface area contributed by atoms with Gasteiger partial charge >= 0.3 is 0 Å². The molecule has 0 spiro atoms. The van der Waals surface area contributed by atoms with E-state index in [0.29, 0.717) is 0 Å². The first-order valence-electron chi connectivity index (χ1n) is 23.0. The van der Waals surface area contributed by atoms with Crippen LogP contribution >= 0.6 is 0 Å². The lowest BCUT2D eigenvalue weighted by molar-refractivity contribution is 0.328. The van der Waals surface area contributed by atoms with Crippen LogP contribution in [0, 0.1) is 13.8 Å². The number of unbranched alkanes of at least 4 members (excludes halogenated alkanes) is 10. The van der Waals surface area contributed by atoms with Gasteiger partial charge in [-0.1, -0.05) is 163 Å². The molecule has 2 nitrogen and oxygen atoms in total. The molecule has 0 aliphatic heterocycles. The van der Waals surface area contributed by atoms with Gasteiger partial charge in [-0.15, -0.1) is 0 Å². The maximum atomic E-state index is 2.67. The van der Waals surface area contributed by atoms with Crippen LogP contribution in [0.1, 0.15) is 163 Å². The molecule has 2 aliphatic carbocycles. The lowest BCUT2D eigenvalue weighted by Gasteiger charge is -2.34. The Balaban J connectivity index is 1.43. The van der Waals surface area contributed by atoms with Gasteiger partial charge in [-0.3, -0.25) is 0 Å². The van der Waals surface area contributed by atoms with Gasteiger partial charge in [-0.05, 0) is 161 Å². The molecule has 0 N–H and O–H groups in total. The molecule has 0 fully saturated rings. The van der Waals surface area contributed by atoms with Crippen molar-refractivity contribution >= 4 is 0 Å². The van der Waals surface area contributed by atoms with Crippen molar-refractivity contribution in [2.75, 3.05) is 41.3 Å². The summed E-state index contributed by atoms with van der Waals surface area (Å²) < 4.78 is 0. The van der Waals surface area contributed by atoms with E-state index < -0.39 is 0 Å². The molecule has 0 saturated heterocycles. The fraction of sp³-hybridized carbons (Fsp3) is 0.556. The van der Waals surface area contributed by atoms with Crippen LogP contribution in [0.25, 0.3) is 33.4 Å². The second-order valence-electron chi connectivity index (χ2n) is 18.6. The van der Waals surface area contributed by atoms with Gasteiger partial charge in [-0.25, -0.2) is 0 Å². The number of rotatable bonds is 23. The third-order valence-electron chi connectivity index (χ3n) is 13.7. The van der Waals surface area contributed by atoms with E-state index in [-0.39, 0.29) is 10.8 Å². The van der Waals surface area contributed by atoms with E-state index in [9.17, 15) is 0 Å². The minimum absolute atomic E-state index is 0.0303. The number of hydrogen-bond donors (Lipinski definition) is 0. The molecule has 0 unspecified atom stereocenters. The number of nitrogens with zero attached hydrogens (tertiary/aromatic N) is 2. The predicted molar refractivity (Wildman–Crippen MR) is 245 cm³/mol. The Morgan fingerprint density at radius 2 is 0.696 bits per heavy atom. The average Bonchev–Trinajstić information content (AvgIpc) is 3.59. The van der Waals surface area contributed by atoms with Gasteiger partial charge in [0.25, 0.3) is 0 Å². The van der Waals surface area contributed by atoms with Gasteiger partial charge in [0, 0.05) is 10.8 Å². The number of fused-ring (bicyclic) bond motifs is 6. The number of aryl methyl sites for hydroxylation is 2. The molecule has 0 saturated carbocycles. The topological polar surface area (TPSA) is 6.48 Å². The fourth-order valence-corrected chi connectivity index (χ4v) is 10.7. The summed E-state index contributed by atoms with van der Waals surface area (Å²) in [4.78, 5) is 4.73. The van der Waals surface area contributed by atoms with Gasteiger partial charge in [0.2, 0.25) is 0 Å². The highest BCUT2D eigenvalue weighted by atomic mass is 15.1. The first kappa shape index (κ1) is 42.4. The largest absolute Gasteiger partial charge is 0.309 e. The molecule has 2 aliphatic rings. The third kappa shape index (κ3) is 9.23. The summed E-state index contributed by atoms with van der Waals surface area (Å²) in [6.07, 6.45) is 23.5. The molecular weight excluding hydrogens is 677 g/mol. The molecule has 4 aromatic carbocycles. The van der Waals surface area contributed by atoms with Crippen molar-refractivity contribution in [2.45, 2.75) is 154 Å². The summed E-state index contributed by atoms with van der Waals surface area (Å²) in [5.74, 6) is 0. The van der Waals surface area contributed by atoms with Crippen LogP contribution < -0.4 is 0 Å². The normalized spacial score (nSPS) is 14.7. The molecule has 302 valence electrons. The highest BCUT2D eigenvalue weighted by Crippen LogP contribution is 2.57. The first-order valence-corrected chi connectivity index (χ1v) is 23.0. The highest BCUT2D eigenvalue weighted by Gasteiger charge is 2.44. The van der Waals surface area contributed by atoms with Gasteiger partial charge in [0.05, 0.1) is 0 Å². The van der Waals surface area contributed by atoms with Crippen LogP contribution in [0.3, 0.4) is 0 Å².